The van der Waals surface area contributed by atoms with Crippen molar-refractivity contribution in [1.29, 1.82) is 0 Å². The lowest BCUT2D eigenvalue weighted by Gasteiger charge is -2.16. The van der Waals surface area contributed by atoms with Gasteiger partial charge in [0, 0.05) is 12.1 Å². The lowest BCUT2D eigenvalue weighted by atomic mass is 9.89. The summed E-state index contributed by atoms with van der Waals surface area (Å²) in [5.74, 6) is 0.00157. The molecule has 0 amide bonds. The lowest BCUT2D eigenvalue weighted by Crippen LogP contribution is -2.09. The zero-order chi connectivity index (χ0) is 9.10. The number of rotatable bonds is 1. The maximum absolute atomic E-state index is 10.8. The second-order valence-electron chi connectivity index (χ2n) is 3.10. The second-order valence-corrected chi connectivity index (χ2v) is 3.10. The summed E-state index contributed by atoms with van der Waals surface area (Å²) < 4.78 is 0. The maximum atomic E-state index is 10.8. The minimum Gasteiger partial charge on any atom is -0.303 e. The van der Waals surface area contributed by atoms with Gasteiger partial charge in [0.1, 0.15) is 6.29 Å². The number of allylic oxidation sites excluding steroid dienone is 4. The SMILES string of the molecule is O=CC1CC=CC2=C1CC=CN=N2. The van der Waals surface area contributed by atoms with Gasteiger partial charge >= 0.3 is 0 Å². The molecule has 66 valence electrons. The highest BCUT2D eigenvalue weighted by Crippen LogP contribution is 2.29. The van der Waals surface area contributed by atoms with Crippen molar-refractivity contribution < 1.29 is 4.79 Å². The van der Waals surface area contributed by atoms with Gasteiger partial charge in [0.15, 0.2) is 0 Å². The summed E-state index contributed by atoms with van der Waals surface area (Å²) in [6.45, 7) is 0. The molecule has 0 saturated carbocycles. The van der Waals surface area contributed by atoms with E-state index in [2.05, 4.69) is 10.2 Å². The summed E-state index contributed by atoms with van der Waals surface area (Å²) in [6, 6.07) is 0. The number of azo groups is 1. The van der Waals surface area contributed by atoms with Gasteiger partial charge < -0.3 is 4.79 Å². The Morgan fingerprint density at radius 2 is 2.38 bits per heavy atom. The van der Waals surface area contributed by atoms with Gasteiger partial charge in [-0.1, -0.05) is 12.2 Å². The normalized spacial score (nSPS) is 25.7. The first-order valence-corrected chi connectivity index (χ1v) is 4.32. The molecule has 2 aliphatic rings. The van der Waals surface area contributed by atoms with E-state index in [1.807, 2.05) is 18.2 Å². The van der Waals surface area contributed by atoms with Crippen molar-refractivity contribution >= 4 is 6.29 Å². The number of hydrogen-bond donors (Lipinski definition) is 0. The highest BCUT2D eigenvalue weighted by Gasteiger charge is 2.18. The van der Waals surface area contributed by atoms with E-state index >= 15 is 0 Å². The van der Waals surface area contributed by atoms with Crippen molar-refractivity contribution in [3.63, 3.8) is 0 Å². The van der Waals surface area contributed by atoms with Gasteiger partial charge in [0.05, 0.1) is 5.70 Å². The first-order valence-electron chi connectivity index (χ1n) is 4.32. The van der Waals surface area contributed by atoms with E-state index in [1.165, 1.54) is 0 Å². The van der Waals surface area contributed by atoms with Crippen LogP contribution in [0, 0.1) is 5.92 Å². The molecule has 0 fully saturated rings. The van der Waals surface area contributed by atoms with Crippen LogP contribution in [0.4, 0.5) is 0 Å². The fourth-order valence-electron chi connectivity index (χ4n) is 1.58. The van der Waals surface area contributed by atoms with E-state index in [-0.39, 0.29) is 5.92 Å². The van der Waals surface area contributed by atoms with Crippen LogP contribution in [0.3, 0.4) is 0 Å². The van der Waals surface area contributed by atoms with Crippen molar-refractivity contribution in [2.75, 3.05) is 0 Å². The Morgan fingerprint density at radius 1 is 1.46 bits per heavy atom. The molecular weight excluding hydrogens is 164 g/mol. The number of nitrogens with zero attached hydrogens (tertiary/aromatic N) is 2. The van der Waals surface area contributed by atoms with Crippen LogP contribution >= 0.6 is 0 Å². The molecule has 0 aromatic rings. The van der Waals surface area contributed by atoms with E-state index in [0.29, 0.717) is 0 Å². The molecule has 3 heteroatoms. The predicted octanol–water partition coefficient (Wildman–Crippen LogP) is 2.39. The molecule has 0 aromatic carbocycles. The summed E-state index contributed by atoms with van der Waals surface area (Å²) in [7, 11) is 0. The van der Waals surface area contributed by atoms with Crippen LogP contribution in [-0.2, 0) is 4.79 Å². The highest BCUT2D eigenvalue weighted by molar-refractivity contribution is 5.62. The van der Waals surface area contributed by atoms with E-state index in [4.69, 9.17) is 0 Å². The molecule has 13 heavy (non-hydrogen) atoms. The van der Waals surface area contributed by atoms with Gasteiger partial charge in [-0.2, -0.15) is 10.2 Å². The molecule has 3 nitrogen and oxygen atoms in total. The van der Waals surface area contributed by atoms with Crippen LogP contribution in [0.25, 0.3) is 0 Å². The minimum atomic E-state index is 0.00157. The monoisotopic (exact) mass is 174 g/mol. The zero-order valence-corrected chi connectivity index (χ0v) is 7.18. The topological polar surface area (TPSA) is 41.8 Å². The molecule has 0 aromatic heterocycles. The Hall–Kier alpha value is -1.51. The van der Waals surface area contributed by atoms with Crippen LogP contribution < -0.4 is 0 Å². The van der Waals surface area contributed by atoms with Crippen LogP contribution in [0.5, 0.6) is 0 Å². The van der Waals surface area contributed by atoms with Crippen molar-refractivity contribution in [2.24, 2.45) is 16.1 Å². The van der Waals surface area contributed by atoms with Gasteiger partial charge in [-0.15, -0.1) is 0 Å². The van der Waals surface area contributed by atoms with Crippen molar-refractivity contribution in [3.05, 3.63) is 35.7 Å². The predicted molar refractivity (Wildman–Crippen MR) is 49.0 cm³/mol. The Bertz CT molecular complexity index is 337. The fraction of sp³-hybridized carbons (Fsp3) is 0.300. The summed E-state index contributed by atoms with van der Waals surface area (Å²) in [5, 5.41) is 7.86. The fourth-order valence-corrected chi connectivity index (χ4v) is 1.58. The second kappa shape index (κ2) is 3.47. The standard InChI is InChI=1S/C10H10N2O/c13-7-8-3-1-5-10-9(8)4-2-6-11-12-10/h1-2,5-8H,3-4H2. The largest absolute Gasteiger partial charge is 0.303 e. The third-order valence-corrected chi connectivity index (χ3v) is 2.28. The summed E-state index contributed by atoms with van der Waals surface area (Å²) in [4.78, 5) is 10.8. The van der Waals surface area contributed by atoms with Crippen LogP contribution in [0.15, 0.2) is 45.9 Å². The Kier molecular flexibility index (Phi) is 2.17. The van der Waals surface area contributed by atoms with Crippen molar-refractivity contribution in [1.82, 2.24) is 0 Å². The number of aldehydes is 1. The minimum absolute atomic E-state index is 0.00157. The van der Waals surface area contributed by atoms with Crippen molar-refractivity contribution in [2.45, 2.75) is 12.8 Å². The zero-order valence-electron chi connectivity index (χ0n) is 7.18. The third-order valence-electron chi connectivity index (χ3n) is 2.28. The number of carbonyl (C=O) groups is 1. The van der Waals surface area contributed by atoms with E-state index in [9.17, 15) is 4.79 Å². The first kappa shape index (κ1) is 8.10. The molecule has 2 rings (SSSR count). The van der Waals surface area contributed by atoms with E-state index in [0.717, 1.165) is 30.4 Å². The average molecular weight is 174 g/mol. The molecule has 0 spiro atoms. The first-order chi connectivity index (χ1) is 6.42. The van der Waals surface area contributed by atoms with Crippen LogP contribution in [0.1, 0.15) is 12.8 Å². The quantitative estimate of drug-likeness (QED) is 0.563. The number of hydrogen-bond acceptors (Lipinski definition) is 3. The summed E-state index contributed by atoms with van der Waals surface area (Å²) in [5.41, 5.74) is 1.95. The van der Waals surface area contributed by atoms with E-state index < -0.39 is 0 Å². The van der Waals surface area contributed by atoms with Crippen LogP contribution in [-0.4, -0.2) is 6.29 Å². The molecule has 0 saturated heterocycles. The molecule has 1 aliphatic carbocycles. The molecule has 0 bridgehead atoms. The average Bonchev–Trinajstić information content (AvgIpc) is 2.41. The van der Waals surface area contributed by atoms with Gasteiger partial charge in [0.25, 0.3) is 0 Å². The molecule has 1 heterocycles. The van der Waals surface area contributed by atoms with Gasteiger partial charge in [-0.3, -0.25) is 0 Å². The van der Waals surface area contributed by atoms with Gasteiger partial charge in [0.2, 0.25) is 0 Å². The molecule has 0 N–H and O–H groups in total. The maximum Gasteiger partial charge on any atom is 0.127 e. The van der Waals surface area contributed by atoms with Crippen LogP contribution in [0.2, 0.25) is 0 Å². The highest BCUT2D eigenvalue weighted by atomic mass is 16.1. The molecule has 1 aliphatic heterocycles. The lowest BCUT2D eigenvalue weighted by molar-refractivity contribution is -0.110. The summed E-state index contributed by atoms with van der Waals surface area (Å²) >= 11 is 0. The third kappa shape index (κ3) is 1.49. The number of carbonyl (C=O) groups excluding carboxylic acids is 1. The van der Waals surface area contributed by atoms with Gasteiger partial charge in [-0.25, -0.2) is 0 Å². The molecule has 1 atom stereocenters. The summed E-state index contributed by atoms with van der Waals surface area (Å²) in [6.07, 6.45) is 10.1. The van der Waals surface area contributed by atoms with Crippen molar-refractivity contribution in [3.8, 4) is 0 Å². The van der Waals surface area contributed by atoms with E-state index in [1.54, 1.807) is 6.20 Å². The Labute approximate surface area is 76.6 Å². The Morgan fingerprint density at radius 3 is 3.23 bits per heavy atom. The molecule has 1 unspecified atom stereocenters. The molecular formula is C10H10N2O. The molecule has 0 radical (unpaired) electrons. The Balaban J connectivity index is 2.39. The van der Waals surface area contributed by atoms with Gasteiger partial charge in [-0.05, 0) is 24.5 Å². The smallest absolute Gasteiger partial charge is 0.127 e.